The quantitative estimate of drug-likeness (QED) is 0.194. The van der Waals surface area contributed by atoms with Crippen molar-refractivity contribution in [3.63, 3.8) is 0 Å². The van der Waals surface area contributed by atoms with Gasteiger partial charge in [0.25, 0.3) is 5.56 Å². The Hall–Kier alpha value is -4.50. The molecule has 0 radical (unpaired) electrons. The summed E-state index contributed by atoms with van der Waals surface area (Å²) in [5.74, 6) is -0.211. The van der Waals surface area contributed by atoms with E-state index in [1.807, 2.05) is 0 Å². The molecule has 1 amide bonds. The number of carbonyl (C=O) groups is 2. The molecule has 3 rings (SSSR count). The van der Waals surface area contributed by atoms with Crippen LogP contribution in [0.25, 0.3) is 11.1 Å². The number of hydrogen-bond donors (Lipinski definition) is 2. The molecular formula is C34H38F4N4O4. The van der Waals surface area contributed by atoms with Crippen LogP contribution in [0.3, 0.4) is 0 Å². The van der Waals surface area contributed by atoms with Crippen LogP contribution in [0.15, 0.2) is 41.5 Å². The number of carboxylic acids is 1. The third-order valence-electron chi connectivity index (χ3n) is 7.65. The van der Waals surface area contributed by atoms with E-state index >= 15 is 0 Å². The summed E-state index contributed by atoms with van der Waals surface area (Å²) in [6.07, 6.45) is 2.75. The van der Waals surface area contributed by atoms with Gasteiger partial charge in [0.2, 0.25) is 5.91 Å². The van der Waals surface area contributed by atoms with Crippen LogP contribution in [0.5, 0.6) is 0 Å². The van der Waals surface area contributed by atoms with Gasteiger partial charge in [-0.3, -0.25) is 14.4 Å². The van der Waals surface area contributed by atoms with Gasteiger partial charge in [-0.15, -0.1) is 6.42 Å². The number of rotatable bonds is 12. The second-order valence-electron chi connectivity index (χ2n) is 12.0. The fourth-order valence-electron chi connectivity index (χ4n) is 5.34. The van der Waals surface area contributed by atoms with Gasteiger partial charge in [0, 0.05) is 30.6 Å². The lowest BCUT2D eigenvalue weighted by Gasteiger charge is -2.26. The number of hydrogen-bond acceptors (Lipinski definition) is 5. The molecule has 12 heteroatoms. The topological polar surface area (TPSA) is 105 Å². The predicted molar refractivity (Wildman–Crippen MR) is 167 cm³/mol. The van der Waals surface area contributed by atoms with Gasteiger partial charge < -0.3 is 19.9 Å². The van der Waals surface area contributed by atoms with Crippen LogP contribution in [-0.2, 0) is 22.2 Å². The monoisotopic (exact) mass is 642 g/mol. The Morgan fingerprint density at radius 2 is 1.85 bits per heavy atom. The number of terminal acetylenes is 1. The van der Waals surface area contributed by atoms with Crippen LogP contribution in [-0.4, -0.2) is 52.1 Å². The summed E-state index contributed by atoms with van der Waals surface area (Å²) in [5.41, 5.74) is 0.0278. The van der Waals surface area contributed by atoms with E-state index in [1.54, 1.807) is 58.8 Å². The van der Waals surface area contributed by atoms with Crippen LogP contribution in [0.1, 0.15) is 72.3 Å². The summed E-state index contributed by atoms with van der Waals surface area (Å²) in [7, 11) is 3.41. The molecular weight excluding hydrogens is 604 g/mol. The number of likely N-dealkylation sites (N-methyl/N-ethyl adjacent to an activating group) is 1. The number of aryl methyl sites for hydroxylation is 1. The van der Waals surface area contributed by atoms with Crippen molar-refractivity contribution in [2.45, 2.75) is 65.2 Å². The maximum atomic E-state index is 14.6. The second kappa shape index (κ2) is 14.7. The van der Waals surface area contributed by atoms with Gasteiger partial charge >= 0.3 is 12.1 Å². The first kappa shape index (κ1) is 36.0. The van der Waals surface area contributed by atoms with Crippen molar-refractivity contribution in [3.05, 3.63) is 86.3 Å². The van der Waals surface area contributed by atoms with Crippen molar-refractivity contribution < 1.29 is 32.3 Å². The highest BCUT2D eigenvalue weighted by Crippen LogP contribution is 2.34. The maximum absolute atomic E-state index is 14.6. The molecule has 246 valence electrons. The van der Waals surface area contributed by atoms with Gasteiger partial charge in [0.05, 0.1) is 18.0 Å². The Balaban J connectivity index is 2.14. The molecule has 0 aliphatic heterocycles. The molecule has 0 aliphatic rings. The minimum Gasteiger partial charge on any atom is -0.481 e. The van der Waals surface area contributed by atoms with E-state index in [2.05, 4.69) is 16.2 Å². The lowest BCUT2D eigenvalue weighted by Crippen LogP contribution is -2.40. The Bertz CT molecular complexity index is 1710. The number of carbonyl (C=O) groups excluding carboxylic acids is 1. The first-order valence-corrected chi connectivity index (χ1v) is 14.7. The van der Waals surface area contributed by atoms with Crippen molar-refractivity contribution in [2.24, 2.45) is 5.92 Å². The first-order chi connectivity index (χ1) is 21.4. The number of amides is 1. The molecule has 0 aliphatic carbocycles. The molecule has 0 fully saturated rings. The molecule has 0 spiro atoms. The van der Waals surface area contributed by atoms with E-state index in [0.717, 1.165) is 10.8 Å². The van der Waals surface area contributed by atoms with Gasteiger partial charge in [0.1, 0.15) is 17.6 Å². The third kappa shape index (κ3) is 8.60. The fourth-order valence-corrected chi connectivity index (χ4v) is 5.34. The molecule has 0 unspecified atom stereocenters. The highest BCUT2D eigenvalue weighted by Gasteiger charge is 2.36. The van der Waals surface area contributed by atoms with E-state index in [0.29, 0.717) is 28.3 Å². The molecule has 2 heterocycles. The maximum Gasteiger partial charge on any atom is 0.416 e. The zero-order chi connectivity index (χ0) is 34.5. The Kier molecular flexibility index (Phi) is 11.5. The Morgan fingerprint density at radius 1 is 1.17 bits per heavy atom. The van der Waals surface area contributed by atoms with Crippen molar-refractivity contribution in [1.82, 2.24) is 19.8 Å². The second-order valence-corrected chi connectivity index (χ2v) is 12.0. The largest absolute Gasteiger partial charge is 0.481 e. The molecule has 8 nitrogen and oxygen atoms in total. The van der Waals surface area contributed by atoms with Crippen LogP contribution >= 0.6 is 0 Å². The summed E-state index contributed by atoms with van der Waals surface area (Å²) in [6.45, 7) is 7.17. The van der Waals surface area contributed by atoms with Crippen molar-refractivity contribution in [1.29, 1.82) is 0 Å². The third-order valence-corrected chi connectivity index (χ3v) is 7.65. The first-order valence-electron chi connectivity index (χ1n) is 14.7. The minimum absolute atomic E-state index is 0.0331. The lowest BCUT2D eigenvalue weighted by molar-refractivity contribution is -0.139. The molecule has 1 aromatic carbocycles. The predicted octanol–water partition coefficient (Wildman–Crippen LogP) is 5.69. The normalized spacial score (nSPS) is 13.0. The number of benzene rings is 1. The molecule has 2 N–H and O–H groups in total. The van der Waals surface area contributed by atoms with Gasteiger partial charge in [0.15, 0.2) is 0 Å². The standard InChI is InChI=1S/C34H38F4N4O4/c1-8-27-24(32-20(4)9-10-26(35)21(32)5)14-23(17-39-27)28(16-31(44)45)40-33(46)29(13-19(2)3)42-18-22(11-12-41(6)7)25(15-30(42)43)34(36,37)38/h1,9-10,14-15,17-19,28-29H,11-13,16H2,2-7H3,(H,40,46)(H,44,45)/t28-,29+/m0/s1. The van der Waals surface area contributed by atoms with E-state index in [4.69, 9.17) is 6.42 Å². The van der Waals surface area contributed by atoms with Crippen LogP contribution < -0.4 is 10.9 Å². The average molecular weight is 643 g/mol. The zero-order valence-electron chi connectivity index (χ0n) is 26.6. The smallest absolute Gasteiger partial charge is 0.416 e. The molecule has 0 saturated carbocycles. The Morgan fingerprint density at radius 3 is 2.41 bits per heavy atom. The Labute approximate surface area is 265 Å². The highest BCUT2D eigenvalue weighted by atomic mass is 19.4. The molecule has 0 saturated heterocycles. The number of nitrogens with zero attached hydrogens (tertiary/aromatic N) is 3. The van der Waals surface area contributed by atoms with Gasteiger partial charge in [-0.2, -0.15) is 13.2 Å². The average Bonchev–Trinajstić information content (AvgIpc) is 2.96. The number of aliphatic carboxylic acids is 1. The fraction of sp³-hybridized carbons (Fsp3) is 0.412. The number of carboxylic acid groups (broad SMARTS) is 1. The molecule has 2 atom stereocenters. The van der Waals surface area contributed by atoms with Gasteiger partial charge in [-0.25, -0.2) is 9.37 Å². The lowest BCUT2D eigenvalue weighted by atomic mass is 9.91. The summed E-state index contributed by atoms with van der Waals surface area (Å²) in [6, 6.07) is 2.51. The number of aromatic nitrogens is 2. The van der Waals surface area contributed by atoms with E-state index in [-0.39, 0.29) is 42.1 Å². The van der Waals surface area contributed by atoms with Crippen molar-refractivity contribution >= 4 is 11.9 Å². The molecule has 3 aromatic rings. The van der Waals surface area contributed by atoms with E-state index < -0.39 is 53.5 Å². The van der Waals surface area contributed by atoms with Crippen molar-refractivity contribution in [3.8, 4) is 23.5 Å². The molecule has 0 bridgehead atoms. The van der Waals surface area contributed by atoms with Gasteiger partial charge in [-0.05, 0) is 92.6 Å². The molecule has 46 heavy (non-hydrogen) atoms. The number of pyridine rings is 2. The minimum atomic E-state index is -4.78. The SMILES string of the molecule is C#Cc1ncc([C@H](CC(=O)O)NC(=O)[C@@H](CC(C)C)n2cc(CCN(C)C)c(C(F)(F)F)cc2=O)cc1-c1c(C)ccc(F)c1C. The van der Waals surface area contributed by atoms with Crippen LogP contribution in [0.4, 0.5) is 17.6 Å². The molecule has 2 aromatic heterocycles. The highest BCUT2D eigenvalue weighted by molar-refractivity contribution is 5.82. The van der Waals surface area contributed by atoms with Crippen LogP contribution in [0.2, 0.25) is 0 Å². The number of alkyl halides is 3. The van der Waals surface area contributed by atoms with E-state index in [1.165, 1.54) is 12.3 Å². The number of halogens is 4. The summed E-state index contributed by atoms with van der Waals surface area (Å²) in [5, 5.41) is 12.4. The van der Waals surface area contributed by atoms with Crippen LogP contribution in [0, 0.1) is 37.9 Å². The number of nitrogens with one attached hydrogen (secondary N) is 1. The van der Waals surface area contributed by atoms with Gasteiger partial charge in [-0.1, -0.05) is 19.9 Å². The zero-order valence-corrected chi connectivity index (χ0v) is 26.6. The summed E-state index contributed by atoms with van der Waals surface area (Å²) < 4.78 is 57.2. The van der Waals surface area contributed by atoms with E-state index in [9.17, 15) is 37.1 Å². The van der Waals surface area contributed by atoms with Crippen molar-refractivity contribution in [2.75, 3.05) is 20.6 Å². The summed E-state index contributed by atoms with van der Waals surface area (Å²) >= 11 is 0. The summed E-state index contributed by atoms with van der Waals surface area (Å²) in [4.78, 5) is 45.0.